The van der Waals surface area contributed by atoms with Crippen LogP contribution in [0.1, 0.15) is 76.0 Å². The molecule has 0 fully saturated rings. The molecule has 0 saturated carbocycles. The second-order valence-corrected chi connectivity index (χ2v) is 9.77. The van der Waals surface area contributed by atoms with Crippen LogP contribution in [0.2, 0.25) is 0 Å². The number of nitrogens with one attached hydrogen (secondary N) is 2. The van der Waals surface area contributed by atoms with Gasteiger partial charge in [0.15, 0.2) is 0 Å². The van der Waals surface area contributed by atoms with Crippen molar-refractivity contribution in [1.29, 1.82) is 0 Å². The number of hydrogen-bond donors (Lipinski definition) is 2. The monoisotopic (exact) mass is 448 g/mol. The second-order valence-electron chi connectivity index (χ2n) is 8.09. The van der Waals surface area contributed by atoms with Gasteiger partial charge < -0.3 is 10.1 Å². The maximum Gasteiger partial charge on any atom is 0.333 e. The lowest BCUT2D eigenvalue weighted by Crippen LogP contribution is -2.35. The maximum atomic E-state index is 12.6. The predicted octanol–water partition coefficient (Wildman–Crippen LogP) is 4.72. The summed E-state index contributed by atoms with van der Waals surface area (Å²) in [7, 11) is -4.14. The van der Waals surface area contributed by atoms with Crippen molar-refractivity contribution in [2.24, 2.45) is 0 Å². The molecular weight excluding hydrogens is 416 g/mol. The van der Waals surface area contributed by atoms with Crippen LogP contribution in [-0.2, 0) is 10.0 Å². The zero-order valence-corrected chi connectivity index (χ0v) is 19.8. The first-order valence-electron chi connectivity index (χ1n) is 10.5. The predicted molar refractivity (Wildman–Crippen MR) is 121 cm³/mol. The molecule has 2 aromatic rings. The number of amides is 2. The molecule has 2 amide bonds. The average molecular weight is 449 g/mol. The van der Waals surface area contributed by atoms with Gasteiger partial charge in [0, 0.05) is 5.69 Å². The molecule has 0 unspecified atom stereocenters. The molecule has 0 spiro atoms. The van der Waals surface area contributed by atoms with Crippen LogP contribution in [-0.4, -0.2) is 31.0 Å². The summed E-state index contributed by atoms with van der Waals surface area (Å²) in [4.78, 5) is 20.2. The second kappa shape index (κ2) is 10.6. The zero-order valence-electron chi connectivity index (χ0n) is 19.0. The molecule has 1 heterocycles. The van der Waals surface area contributed by atoms with E-state index in [0.29, 0.717) is 12.3 Å². The van der Waals surface area contributed by atoms with Gasteiger partial charge in [0.05, 0.1) is 19.0 Å². The Kier molecular flexibility index (Phi) is 8.38. The quantitative estimate of drug-likeness (QED) is 0.537. The number of rotatable bonds is 9. The molecule has 0 atom stereocenters. The molecule has 2 rings (SSSR count). The van der Waals surface area contributed by atoms with Gasteiger partial charge in [-0.15, -0.1) is 0 Å². The topological polar surface area (TPSA) is 110 Å². The van der Waals surface area contributed by atoms with Gasteiger partial charge >= 0.3 is 12.0 Å². The third kappa shape index (κ3) is 6.65. The van der Waals surface area contributed by atoms with Crippen LogP contribution in [0, 0.1) is 6.92 Å². The van der Waals surface area contributed by atoms with E-state index in [-0.39, 0.29) is 22.7 Å². The number of aromatic nitrogens is 2. The zero-order chi connectivity index (χ0) is 23.2. The number of carbonyl (C=O) groups excluding carboxylic acids is 1. The summed E-state index contributed by atoms with van der Waals surface area (Å²) in [5.74, 6) is 0.302. The van der Waals surface area contributed by atoms with Gasteiger partial charge in [-0.25, -0.2) is 27.9 Å². The Morgan fingerprint density at radius 3 is 2.10 bits per heavy atom. The fourth-order valence-corrected chi connectivity index (χ4v) is 3.84. The molecular formula is C22H32N4O4S. The number of nitrogens with zero attached hydrogens (tertiary/aromatic N) is 2. The minimum atomic E-state index is -4.14. The highest BCUT2D eigenvalue weighted by Gasteiger charge is 2.22. The van der Waals surface area contributed by atoms with Gasteiger partial charge in [-0.2, -0.15) is 0 Å². The van der Waals surface area contributed by atoms with Crippen molar-refractivity contribution in [2.45, 2.75) is 71.1 Å². The van der Waals surface area contributed by atoms with E-state index in [1.54, 1.807) is 0 Å². The molecule has 0 aliphatic heterocycles. The van der Waals surface area contributed by atoms with Crippen molar-refractivity contribution < 1.29 is 17.9 Å². The fourth-order valence-electron chi connectivity index (χ4n) is 3.04. The summed E-state index contributed by atoms with van der Waals surface area (Å²) in [5, 5.41) is 2.75. The molecule has 0 radical (unpaired) electrons. The Labute approximate surface area is 184 Å². The number of sulfonamides is 1. The maximum absolute atomic E-state index is 12.6. The van der Waals surface area contributed by atoms with E-state index in [1.807, 2.05) is 58.4 Å². The molecule has 9 heteroatoms. The minimum Gasteiger partial charge on any atom is -0.463 e. The third-order valence-electron chi connectivity index (χ3n) is 4.70. The van der Waals surface area contributed by atoms with Crippen molar-refractivity contribution in [2.75, 3.05) is 11.9 Å². The van der Waals surface area contributed by atoms with Gasteiger partial charge in [-0.3, -0.25) is 0 Å². The molecule has 1 aromatic carbocycles. The van der Waals surface area contributed by atoms with E-state index in [4.69, 9.17) is 4.74 Å². The molecule has 0 aliphatic carbocycles. The highest BCUT2D eigenvalue weighted by atomic mass is 32.2. The first-order chi connectivity index (χ1) is 14.5. The molecule has 8 nitrogen and oxygen atoms in total. The molecule has 0 bridgehead atoms. The van der Waals surface area contributed by atoms with Crippen LogP contribution in [0.3, 0.4) is 0 Å². The Hall–Kier alpha value is -2.68. The van der Waals surface area contributed by atoms with Crippen molar-refractivity contribution in [3.63, 3.8) is 0 Å². The van der Waals surface area contributed by atoms with Crippen molar-refractivity contribution >= 4 is 21.7 Å². The van der Waals surface area contributed by atoms with Gasteiger partial charge in [-0.05, 0) is 36.3 Å². The van der Waals surface area contributed by atoms with Crippen molar-refractivity contribution in [1.82, 2.24) is 14.7 Å². The van der Waals surface area contributed by atoms with E-state index >= 15 is 0 Å². The summed E-state index contributed by atoms with van der Waals surface area (Å²) in [6, 6.07) is 3.27. The normalized spacial score (nSPS) is 11.6. The largest absolute Gasteiger partial charge is 0.463 e. The van der Waals surface area contributed by atoms with Crippen LogP contribution in [0.25, 0.3) is 0 Å². The van der Waals surface area contributed by atoms with Crippen LogP contribution >= 0.6 is 0 Å². The minimum absolute atomic E-state index is 0.0969. The lowest BCUT2D eigenvalue weighted by molar-refractivity contribution is 0.256. The average Bonchev–Trinajstić information content (AvgIpc) is 2.68. The van der Waals surface area contributed by atoms with Crippen LogP contribution < -0.4 is 14.8 Å². The number of aryl methyl sites for hydroxylation is 1. The first-order valence-corrected chi connectivity index (χ1v) is 12.0. The number of benzene rings is 1. The summed E-state index contributed by atoms with van der Waals surface area (Å²) in [6.45, 7) is 12.6. The molecule has 0 aliphatic rings. The molecule has 1 aromatic heterocycles. The van der Waals surface area contributed by atoms with Crippen molar-refractivity contribution in [3.8, 4) is 6.01 Å². The van der Waals surface area contributed by atoms with E-state index in [9.17, 15) is 13.2 Å². The van der Waals surface area contributed by atoms with Crippen molar-refractivity contribution in [3.05, 3.63) is 41.2 Å². The summed E-state index contributed by atoms with van der Waals surface area (Å²) < 4.78 is 32.6. The molecule has 2 N–H and O–H groups in total. The van der Waals surface area contributed by atoms with E-state index < -0.39 is 16.1 Å². The molecule has 31 heavy (non-hydrogen) atoms. The van der Waals surface area contributed by atoms with Gasteiger partial charge in [0.25, 0.3) is 10.0 Å². The van der Waals surface area contributed by atoms with Crippen LogP contribution in [0.15, 0.2) is 29.4 Å². The lowest BCUT2D eigenvalue weighted by atomic mass is 9.90. The fraction of sp³-hybridized carbons (Fsp3) is 0.500. The van der Waals surface area contributed by atoms with Gasteiger partial charge in [0.2, 0.25) is 0 Å². The summed E-state index contributed by atoms with van der Waals surface area (Å²) in [5.41, 5.74) is 3.63. The van der Waals surface area contributed by atoms with Gasteiger partial charge in [-0.1, -0.05) is 58.7 Å². The van der Waals surface area contributed by atoms with Crippen LogP contribution in [0.5, 0.6) is 6.01 Å². The Bertz CT molecular complexity index is 974. The third-order valence-corrected chi connectivity index (χ3v) is 5.98. The Balaban J connectivity index is 2.20. The summed E-state index contributed by atoms with van der Waals surface area (Å²) in [6.07, 6.45) is 4.05. The Morgan fingerprint density at radius 2 is 1.61 bits per heavy atom. The highest BCUT2D eigenvalue weighted by Crippen LogP contribution is 2.33. The number of anilines is 1. The number of ether oxygens (including phenoxy) is 1. The van der Waals surface area contributed by atoms with E-state index in [2.05, 4.69) is 15.3 Å². The SMILES string of the molecule is CCCCOc1ncc(S(=O)(=O)NC(=O)Nc2c(C(C)C)cc(C)cc2C(C)C)cn1. The Morgan fingerprint density at radius 1 is 1.06 bits per heavy atom. The van der Waals surface area contributed by atoms with E-state index in [1.165, 1.54) is 0 Å². The van der Waals surface area contributed by atoms with Crippen LogP contribution in [0.4, 0.5) is 10.5 Å². The number of carbonyl (C=O) groups is 1. The molecule has 170 valence electrons. The lowest BCUT2D eigenvalue weighted by Gasteiger charge is -2.21. The smallest absolute Gasteiger partial charge is 0.333 e. The standard InChI is InChI=1S/C22H32N4O4S/c1-7-8-9-30-22-23-12-17(13-24-22)31(28,29)26-21(27)25-20-18(14(2)3)10-16(6)11-19(20)15(4)5/h10-15H,7-9H2,1-6H3,(H2,25,26,27). The first kappa shape index (κ1) is 24.6. The molecule has 0 saturated heterocycles. The summed E-state index contributed by atoms with van der Waals surface area (Å²) >= 11 is 0. The number of urea groups is 1. The highest BCUT2D eigenvalue weighted by molar-refractivity contribution is 7.90. The number of hydrogen-bond acceptors (Lipinski definition) is 6. The van der Waals surface area contributed by atoms with E-state index in [0.717, 1.165) is 41.9 Å². The van der Waals surface area contributed by atoms with Gasteiger partial charge in [0.1, 0.15) is 4.90 Å². The number of unbranched alkanes of at least 4 members (excludes halogenated alkanes) is 1.